The molecule has 0 fully saturated rings. The van der Waals surface area contributed by atoms with Crippen molar-refractivity contribution in [2.45, 2.75) is 19.5 Å². The van der Waals surface area contributed by atoms with E-state index in [2.05, 4.69) is 64.6 Å². The molecule has 0 bridgehead atoms. The fourth-order valence-corrected chi connectivity index (χ4v) is 3.06. The molecule has 0 aliphatic heterocycles. The summed E-state index contributed by atoms with van der Waals surface area (Å²) < 4.78 is 6.19. The van der Waals surface area contributed by atoms with Crippen LogP contribution >= 0.6 is 27.7 Å². The first-order valence-electron chi connectivity index (χ1n) is 6.80. The molecule has 0 saturated carbocycles. The Morgan fingerprint density at radius 2 is 2.20 bits per heavy atom. The molecule has 1 N–H and O–H groups in total. The van der Waals surface area contributed by atoms with Crippen LogP contribution in [0.15, 0.2) is 22.7 Å². The maximum absolute atomic E-state index is 5.06. The average molecular weight is 361 g/mol. The fourth-order valence-electron chi connectivity index (χ4n) is 2.00. The van der Waals surface area contributed by atoms with Gasteiger partial charge in [-0.25, -0.2) is 0 Å². The Hall–Kier alpha value is -0.230. The summed E-state index contributed by atoms with van der Waals surface area (Å²) in [5.41, 5.74) is 2.60. The summed E-state index contributed by atoms with van der Waals surface area (Å²) in [4.78, 5) is 2.36. The third kappa shape index (κ3) is 5.64. The molecule has 0 spiro atoms. The lowest BCUT2D eigenvalue weighted by molar-refractivity contribution is 0.199. The molecule has 1 aromatic rings. The van der Waals surface area contributed by atoms with Crippen LogP contribution in [0.3, 0.4) is 0 Å². The van der Waals surface area contributed by atoms with Gasteiger partial charge in [0, 0.05) is 49.2 Å². The summed E-state index contributed by atoms with van der Waals surface area (Å²) >= 11 is 5.46. The van der Waals surface area contributed by atoms with Crippen molar-refractivity contribution in [1.29, 1.82) is 0 Å². The maximum atomic E-state index is 5.06. The average Bonchev–Trinajstić information content (AvgIpc) is 2.44. The standard InChI is InChI=1S/C15H25BrN2OS/c1-12(11-20-4)18(2)15-9-14(16)6-5-13(15)10-17-7-8-19-3/h5-6,9,12,17H,7-8,10-11H2,1-4H3. The molecule has 1 unspecified atom stereocenters. The molecular weight excluding hydrogens is 336 g/mol. The van der Waals surface area contributed by atoms with Gasteiger partial charge in [-0.15, -0.1) is 0 Å². The van der Waals surface area contributed by atoms with Gasteiger partial charge in [0.1, 0.15) is 0 Å². The minimum Gasteiger partial charge on any atom is -0.383 e. The summed E-state index contributed by atoms with van der Waals surface area (Å²) in [5, 5.41) is 3.42. The number of hydrogen-bond donors (Lipinski definition) is 1. The zero-order valence-corrected chi connectivity index (χ0v) is 15.2. The number of benzene rings is 1. The molecule has 0 saturated heterocycles. The fraction of sp³-hybridized carbons (Fsp3) is 0.600. The minimum absolute atomic E-state index is 0.511. The Bertz CT molecular complexity index is 403. The highest BCUT2D eigenvalue weighted by Gasteiger charge is 2.13. The van der Waals surface area contributed by atoms with Gasteiger partial charge in [-0.2, -0.15) is 11.8 Å². The van der Waals surface area contributed by atoms with E-state index in [-0.39, 0.29) is 0 Å². The summed E-state index contributed by atoms with van der Waals surface area (Å²) in [6.07, 6.45) is 2.15. The second kappa shape index (κ2) is 9.66. The van der Waals surface area contributed by atoms with Gasteiger partial charge in [-0.3, -0.25) is 0 Å². The van der Waals surface area contributed by atoms with Crippen LogP contribution in [0, 0.1) is 0 Å². The third-order valence-corrected chi connectivity index (χ3v) is 4.60. The predicted octanol–water partition coefficient (Wildman–Crippen LogP) is 3.37. The van der Waals surface area contributed by atoms with Crippen molar-refractivity contribution in [2.75, 3.05) is 44.2 Å². The number of anilines is 1. The maximum Gasteiger partial charge on any atom is 0.0587 e. The van der Waals surface area contributed by atoms with Crippen molar-refractivity contribution in [3.05, 3.63) is 28.2 Å². The Morgan fingerprint density at radius 1 is 1.45 bits per heavy atom. The van der Waals surface area contributed by atoms with Crippen molar-refractivity contribution in [1.82, 2.24) is 5.32 Å². The highest BCUT2D eigenvalue weighted by molar-refractivity contribution is 9.10. The van der Waals surface area contributed by atoms with Crippen molar-refractivity contribution in [3.8, 4) is 0 Å². The van der Waals surface area contributed by atoms with Gasteiger partial charge in [0.15, 0.2) is 0 Å². The third-order valence-electron chi connectivity index (χ3n) is 3.29. The van der Waals surface area contributed by atoms with Crippen molar-refractivity contribution in [2.24, 2.45) is 0 Å². The number of hydrogen-bond acceptors (Lipinski definition) is 4. The predicted molar refractivity (Wildman–Crippen MR) is 94.0 cm³/mol. The molecule has 0 aliphatic carbocycles. The number of rotatable bonds is 9. The zero-order chi connectivity index (χ0) is 15.0. The Morgan fingerprint density at radius 3 is 2.85 bits per heavy atom. The van der Waals surface area contributed by atoms with Crippen molar-refractivity contribution < 1.29 is 4.74 Å². The molecule has 20 heavy (non-hydrogen) atoms. The zero-order valence-electron chi connectivity index (χ0n) is 12.8. The molecular formula is C15H25BrN2OS. The first-order valence-corrected chi connectivity index (χ1v) is 8.98. The van der Waals surface area contributed by atoms with Crippen molar-refractivity contribution >= 4 is 33.4 Å². The van der Waals surface area contributed by atoms with Gasteiger partial charge in [-0.05, 0) is 30.9 Å². The molecule has 0 aromatic heterocycles. The quantitative estimate of drug-likeness (QED) is 0.682. The van der Waals surface area contributed by atoms with E-state index in [1.807, 2.05) is 11.8 Å². The highest BCUT2D eigenvalue weighted by atomic mass is 79.9. The van der Waals surface area contributed by atoms with Gasteiger partial charge in [0.05, 0.1) is 6.61 Å². The number of nitrogens with zero attached hydrogens (tertiary/aromatic N) is 1. The molecule has 1 aromatic carbocycles. The van der Waals surface area contributed by atoms with Gasteiger partial charge < -0.3 is 15.0 Å². The molecule has 3 nitrogen and oxygen atoms in total. The summed E-state index contributed by atoms with van der Waals surface area (Å²) in [7, 11) is 3.89. The van der Waals surface area contributed by atoms with Gasteiger partial charge in [-0.1, -0.05) is 22.0 Å². The Kier molecular flexibility index (Phi) is 8.61. The summed E-state index contributed by atoms with van der Waals surface area (Å²) in [6, 6.07) is 6.99. The van der Waals surface area contributed by atoms with Crippen LogP contribution in [-0.4, -0.2) is 45.4 Å². The lowest BCUT2D eigenvalue weighted by Crippen LogP contribution is -2.32. The van der Waals surface area contributed by atoms with Crippen LogP contribution in [0.1, 0.15) is 12.5 Å². The second-order valence-corrected chi connectivity index (χ2v) is 6.68. The van der Waals surface area contributed by atoms with Crippen LogP contribution < -0.4 is 10.2 Å². The summed E-state index contributed by atoms with van der Waals surface area (Å²) in [6.45, 7) is 4.74. The van der Waals surface area contributed by atoms with Crippen LogP contribution in [-0.2, 0) is 11.3 Å². The molecule has 114 valence electrons. The van der Waals surface area contributed by atoms with E-state index in [1.165, 1.54) is 11.3 Å². The first-order chi connectivity index (χ1) is 9.60. The van der Waals surface area contributed by atoms with Crippen LogP contribution in [0.4, 0.5) is 5.69 Å². The normalized spacial score (nSPS) is 12.4. The highest BCUT2D eigenvalue weighted by Crippen LogP contribution is 2.26. The molecule has 1 atom stereocenters. The molecule has 1 rings (SSSR count). The Labute approximate surface area is 135 Å². The van der Waals surface area contributed by atoms with E-state index in [0.29, 0.717) is 6.04 Å². The second-order valence-electron chi connectivity index (χ2n) is 4.86. The van der Waals surface area contributed by atoms with Gasteiger partial charge in [0.2, 0.25) is 0 Å². The SMILES string of the molecule is COCCNCc1ccc(Br)cc1N(C)C(C)CSC. The van der Waals surface area contributed by atoms with Crippen LogP contribution in [0.25, 0.3) is 0 Å². The lowest BCUT2D eigenvalue weighted by atomic mass is 10.1. The smallest absolute Gasteiger partial charge is 0.0587 e. The van der Waals surface area contributed by atoms with Gasteiger partial charge >= 0.3 is 0 Å². The van der Waals surface area contributed by atoms with E-state index in [1.54, 1.807) is 7.11 Å². The largest absolute Gasteiger partial charge is 0.383 e. The first kappa shape index (κ1) is 17.8. The lowest BCUT2D eigenvalue weighted by Gasteiger charge is -2.29. The molecule has 0 radical (unpaired) electrons. The Balaban J connectivity index is 2.78. The molecule has 0 amide bonds. The van der Waals surface area contributed by atoms with E-state index < -0.39 is 0 Å². The molecule has 0 heterocycles. The topological polar surface area (TPSA) is 24.5 Å². The van der Waals surface area contributed by atoms with Crippen LogP contribution in [0.2, 0.25) is 0 Å². The van der Waals surface area contributed by atoms with Gasteiger partial charge in [0.25, 0.3) is 0 Å². The molecule has 5 heteroatoms. The monoisotopic (exact) mass is 360 g/mol. The van der Waals surface area contributed by atoms with Crippen LogP contribution in [0.5, 0.6) is 0 Å². The van der Waals surface area contributed by atoms with E-state index in [4.69, 9.17) is 4.74 Å². The van der Waals surface area contributed by atoms with E-state index in [9.17, 15) is 0 Å². The minimum atomic E-state index is 0.511. The van der Waals surface area contributed by atoms with Crippen molar-refractivity contribution in [3.63, 3.8) is 0 Å². The number of nitrogens with one attached hydrogen (secondary N) is 1. The number of ether oxygens (including phenoxy) is 1. The molecule has 0 aliphatic rings. The summed E-state index contributed by atoms with van der Waals surface area (Å²) in [5.74, 6) is 1.12. The van der Waals surface area contributed by atoms with E-state index in [0.717, 1.165) is 29.9 Å². The number of thioether (sulfide) groups is 1. The number of methoxy groups -OCH3 is 1. The van der Waals surface area contributed by atoms with E-state index >= 15 is 0 Å². The number of halogens is 1.